The molecule has 2 amide bonds. The van der Waals surface area contributed by atoms with Gasteiger partial charge < -0.3 is 5.11 Å². The molecule has 5 nitrogen and oxygen atoms in total. The lowest BCUT2D eigenvalue weighted by molar-refractivity contribution is -0.123. The largest absolute Gasteiger partial charge is 0.478 e. The SMILES string of the molecule is O=C(O)c1ccc(/C=C2\SC(=O)N(Cc3ccc4ccccc4c3)C2=O)cc1. The third-order valence-corrected chi connectivity index (χ3v) is 5.39. The van der Waals surface area contributed by atoms with Gasteiger partial charge in [-0.3, -0.25) is 14.5 Å². The van der Waals surface area contributed by atoms with Gasteiger partial charge in [0.15, 0.2) is 0 Å². The second-order valence-corrected chi connectivity index (χ2v) is 7.37. The number of carbonyl (C=O) groups excluding carboxylic acids is 2. The first kappa shape index (κ1) is 18.0. The van der Waals surface area contributed by atoms with Crippen LogP contribution in [0.25, 0.3) is 16.8 Å². The molecular weight excluding hydrogens is 374 g/mol. The molecule has 1 fully saturated rings. The first-order chi connectivity index (χ1) is 13.5. The van der Waals surface area contributed by atoms with Gasteiger partial charge in [0.2, 0.25) is 0 Å². The van der Waals surface area contributed by atoms with Crippen molar-refractivity contribution in [3.8, 4) is 0 Å². The second-order valence-electron chi connectivity index (χ2n) is 6.38. The first-order valence-corrected chi connectivity index (χ1v) is 9.39. The summed E-state index contributed by atoms with van der Waals surface area (Å²) in [5.41, 5.74) is 1.72. The number of imide groups is 1. The Morgan fingerprint density at radius 2 is 1.68 bits per heavy atom. The number of rotatable bonds is 4. The van der Waals surface area contributed by atoms with Gasteiger partial charge in [0.1, 0.15) is 0 Å². The molecule has 0 spiro atoms. The minimum Gasteiger partial charge on any atom is -0.478 e. The fourth-order valence-corrected chi connectivity index (χ4v) is 3.87. The molecule has 3 aromatic rings. The number of amides is 2. The van der Waals surface area contributed by atoms with Crippen molar-refractivity contribution in [3.05, 3.63) is 88.3 Å². The number of hydrogen-bond donors (Lipinski definition) is 1. The Hall–Kier alpha value is -3.38. The predicted molar refractivity (Wildman–Crippen MR) is 109 cm³/mol. The van der Waals surface area contributed by atoms with Crippen LogP contribution in [0.4, 0.5) is 4.79 Å². The highest BCUT2D eigenvalue weighted by Gasteiger charge is 2.34. The number of carboxylic acids is 1. The van der Waals surface area contributed by atoms with E-state index in [1.807, 2.05) is 42.5 Å². The van der Waals surface area contributed by atoms with Gasteiger partial charge in [-0.1, -0.05) is 48.5 Å². The molecule has 3 aromatic carbocycles. The standard InChI is InChI=1S/C22H15NO4S/c24-20-19(12-14-5-9-17(10-6-14)21(25)26)28-22(27)23(20)13-15-7-8-16-3-1-2-4-18(16)11-15/h1-12H,13H2,(H,25,26)/b19-12-. The average molecular weight is 389 g/mol. The molecule has 1 saturated heterocycles. The molecular formula is C22H15NO4S. The lowest BCUT2D eigenvalue weighted by atomic mass is 10.1. The third-order valence-electron chi connectivity index (χ3n) is 4.48. The van der Waals surface area contributed by atoms with E-state index in [4.69, 9.17) is 5.11 Å². The number of thioether (sulfide) groups is 1. The molecule has 1 heterocycles. The smallest absolute Gasteiger partial charge is 0.335 e. The van der Waals surface area contributed by atoms with Crippen LogP contribution in [-0.2, 0) is 11.3 Å². The number of carboxylic acid groups (broad SMARTS) is 1. The minimum atomic E-state index is -1.01. The summed E-state index contributed by atoms with van der Waals surface area (Å²) in [7, 11) is 0. The fraction of sp³-hybridized carbons (Fsp3) is 0.0455. The number of aromatic carboxylic acids is 1. The van der Waals surface area contributed by atoms with E-state index in [1.54, 1.807) is 18.2 Å². The number of hydrogen-bond acceptors (Lipinski definition) is 4. The summed E-state index contributed by atoms with van der Waals surface area (Å²) < 4.78 is 0. The van der Waals surface area contributed by atoms with Gasteiger partial charge in [-0.25, -0.2) is 4.79 Å². The average Bonchev–Trinajstić information content (AvgIpc) is 2.95. The van der Waals surface area contributed by atoms with Crippen LogP contribution in [0.2, 0.25) is 0 Å². The zero-order valence-corrected chi connectivity index (χ0v) is 15.5. The molecule has 6 heteroatoms. The normalized spacial score (nSPS) is 15.6. The summed E-state index contributed by atoms with van der Waals surface area (Å²) in [6.45, 7) is 0.213. The Labute approximate surface area is 165 Å². The zero-order valence-electron chi connectivity index (χ0n) is 14.7. The molecule has 0 bridgehead atoms. The maximum absolute atomic E-state index is 12.7. The molecule has 0 aromatic heterocycles. The Kier molecular flexibility index (Phi) is 4.71. The Morgan fingerprint density at radius 1 is 0.964 bits per heavy atom. The van der Waals surface area contributed by atoms with Gasteiger partial charge in [0, 0.05) is 0 Å². The van der Waals surface area contributed by atoms with E-state index in [9.17, 15) is 14.4 Å². The van der Waals surface area contributed by atoms with E-state index in [1.165, 1.54) is 17.0 Å². The molecule has 28 heavy (non-hydrogen) atoms. The molecule has 0 unspecified atom stereocenters. The van der Waals surface area contributed by atoms with Crippen LogP contribution in [0.3, 0.4) is 0 Å². The summed E-state index contributed by atoms with van der Waals surface area (Å²) in [5.74, 6) is -1.35. The van der Waals surface area contributed by atoms with Crippen molar-refractivity contribution in [1.82, 2.24) is 4.90 Å². The maximum atomic E-state index is 12.7. The lowest BCUT2D eigenvalue weighted by Gasteiger charge is -2.13. The van der Waals surface area contributed by atoms with E-state index < -0.39 is 5.97 Å². The molecule has 4 rings (SSSR count). The van der Waals surface area contributed by atoms with Crippen LogP contribution in [0.15, 0.2) is 71.6 Å². The maximum Gasteiger partial charge on any atom is 0.335 e. The van der Waals surface area contributed by atoms with Crippen LogP contribution in [-0.4, -0.2) is 27.1 Å². The quantitative estimate of drug-likeness (QED) is 0.650. The summed E-state index contributed by atoms with van der Waals surface area (Å²) in [6.07, 6.45) is 1.61. The monoisotopic (exact) mass is 389 g/mol. The highest BCUT2D eigenvalue weighted by molar-refractivity contribution is 8.18. The second kappa shape index (κ2) is 7.32. The van der Waals surface area contributed by atoms with Gasteiger partial charge in [-0.05, 0) is 57.9 Å². The van der Waals surface area contributed by atoms with Crippen LogP contribution >= 0.6 is 11.8 Å². The van der Waals surface area contributed by atoms with Crippen molar-refractivity contribution in [2.75, 3.05) is 0 Å². The number of benzene rings is 3. The predicted octanol–water partition coefficient (Wildman–Crippen LogP) is 4.77. The van der Waals surface area contributed by atoms with E-state index in [0.717, 1.165) is 28.1 Å². The number of nitrogens with zero attached hydrogens (tertiary/aromatic N) is 1. The van der Waals surface area contributed by atoms with Gasteiger partial charge in [-0.15, -0.1) is 0 Å². The molecule has 0 radical (unpaired) electrons. The van der Waals surface area contributed by atoms with E-state index >= 15 is 0 Å². The van der Waals surface area contributed by atoms with Crippen molar-refractivity contribution in [3.63, 3.8) is 0 Å². The van der Waals surface area contributed by atoms with Crippen molar-refractivity contribution in [2.24, 2.45) is 0 Å². The van der Waals surface area contributed by atoms with Gasteiger partial charge in [0.25, 0.3) is 11.1 Å². The van der Waals surface area contributed by atoms with Crippen LogP contribution < -0.4 is 0 Å². The van der Waals surface area contributed by atoms with Crippen molar-refractivity contribution >= 4 is 45.7 Å². The van der Waals surface area contributed by atoms with Crippen LogP contribution in [0, 0.1) is 0 Å². The van der Waals surface area contributed by atoms with E-state index in [-0.39, 0.29) is 23.3 Å². The highest BCUT2D eigenvalue weighted by atomic mass is 32.2. The first-order valence-electron chi connectivity index (χ1n) is 8.58. The molecule has 0 aliphatic carbocycles. The molecule has 1 N–H and O–H groups in total. The molecule has 1 aliphatic rings. The summed E-state index contributed by atoms with van der Waals surface area (Å²) in [4.78, 5) is 37.5. The minimum absolute atomic E-state index is 0.168. The van der Waals surface area contributed by atoms with Gasteiger partial charge in [-0.2, -0.15) is 0 Å². The summed E-state index contributed by atoms with van der Waals surface area (Å²) in [5, 5.41) is 10.8. The molecule has 0 atom stereocenters. The molecule has 0 saturated carbocycles. The van der Waals surface area contributed by atoms with Gasteiger partial charge in [0.05, 0.1) is 17.0 Å². The third kappa shape index (κ3) is 3.54. The fourth-order valence-electron chi connectivity index (χ4n) is 3.03. The Bertz CT molecular complexity index is 1130. The summed E-state index contributed by atoms with van der Waals surface area (Å²) in [6, 6.07) is 19.9. The van der Waals surface area contributed by atoms with Crippen molar-refractivity contribution < 1.29 is 19.5 Å². The number of fused-ring (bicyclic) bond motifs is 1. The topological polar surface area (TPSA) is 74.7 Å². The summed E-state index contributed by atoms with van der Waals surface area (Å²) >= 11 is 0.892. The van der Waals surface area contributed by atoms with Crippen molar-refractivity contribution in [1.29, 1.82) is 0 Å². The zero-order chi connectivity index (χ0) is 19.7. The number of carbonyl (C=O) groups is 3. The molecule has 1 aliphatic heterocycles. The van der Waals surface area contributed by atoms with E-state index in [0.29, 0.717) is 10.5 Å². The van der Waals surface area contributed by atoms with Crippen LogP contribution in [0.1, 0.15) is 21.5 Å². The van der Waals surface area contributed by atoms with Gasteiger partial charge >= 0.3 is 5.97 Å². The lowest BCUT2D eigenvalue weighted by Crippen LogP contribution is -2.27. The van der Waals surface area contributed by atoms with Crippen molar-refractivity contribution in [2.45, 2.75) is 6.54 Å². The van der Waals surface area contributed by atoms with Crippen LogP contribution in [0.5, 0.6) is 0 Å². The van der Waals surface area contributed by atoms with E-state index in [2.05, 4.69) is 0 Å². The molecule has 138 valence electrons. The Balaban J connectivity index is 1.55. The Morgan fingerprint density at radius 3 is 2.39 bits per heavy atom. The highest BCUT2D eigenvalue weighted by Crippen LogP contribution is 2.33.